The van der Waals surface area contributed by atoms with Crippen LogP contribution in [0.3, 0.4) is 0 Å². The quantitative estimate of drug-likeness (QED) is 0.670. The van der Waals surface area contributed by atoms with E-state index in [4.69, 9.17) is 5.11 Å². The van der Waals surface area contributed by atoms with Gasteiger partial charge in [0.1, 0.15) is 0 Å². The van der Waals surface area contributed by atoms with Gasteiger partial charge in [0.25, 0.3) is 5.91 Å². The van der Waals surface area contributed by atoms with Crippen LogP contribution in [-0.2, 0) is 4.79 Å². The number of hydrogen-bond acceptors (Lipinski definition) is 5. The third kappa shape index (κ3) is 2.90. The molecule has 102 valence electrons. The molecule has 2 rings (SSSR count). The van der Waals surface area contributed by atoms with Crippen LogP contribution in [0.25, 0.3) is 0 Å². The number of carbonyl (C=O) groups excluding carboxylic acids is 1. The van der Waals surface area contributed by atoms with Gasteiger partial charge in [0.2, 0.25) is 0 Å². The van der Waals surface area contributed by atoms with Crippen LogP contribution >= 0.6 is 11.3 Å². The average molecular weight is 284 g/mol. The molecular formula is C11H12N2O5S. The van der Waals surface area contributed by atoms with Gasteiger partial charge in [-0.1, -0.05) is 11.3 Å². The number of amides is 1. The van der Waals surface area contributed by atoms with Crippen LogP contribution < -0.4 is 0 Å². The molecule has 1 aliphatic heterocycles. The van der Waals surface area contributed by atoms with Crippen molar-refractivity contribution in [2.75, 3.05) is 6.54 Å². The van der Waals surface area contributed by atoms with Gasteiger partial charge in [-0.15, -0.1) is 0 Å². The molecule has 1 fully saturated rings. The molecule has 8 heteroatoms. The molecule has 0 aliphatic carbocycles. The SMILES string of the molecule is O=C(O)CC1CCCN1C(=O)c1ccc([N+](=O)[O-])s1. The van der Waals surface area contributed by atoms with Gasteiger partial charge in [0, 0.05) is 18.7 Å². The highest BCUT2D eigenvalue weighted by atomic mass is 32.1. The van der Waals surface area contributed by atoms with E-state index in [1.165, 1.54) is 17.0 Å². The first-order valence-corrected chi connectivity index (χ1v) is 6.57. The Morgan fingerprint density at radius 1 is 1.53 bits per heavy atom. The summed E-state index contributed by atoms with van der Waals surface area (Å²) in [4.78, 5) is 34.7. The lowest BCUT2D eigenvalue weighted by Gasteiger charge is -2.22. The number of hydrogen-bond donors (Lipinski definition) is 1. The Morgan fingerprint density at radius 3 is 2.84 bits per heavy atom. The highest BCUT2D eigenvalue weighted by Crippen LogP contribution is 2.28. The van der Waals surface area contributed by atoms with E-state index in [-0.39, 0.29) is 28.2 Å². The summed E-state index contributed by atoms with van der Waals surface area (Å²) in [5, 5.41) is 19.3. The Labute approximate surface area is 112 Å². The molecule has 0 bridgehead atoms. The predicted molar refractivity (Wildman–Crippen MR) is 67.3 cm³/mol. The molecule has 2 heterocycles. The maximum absolute atomic E-state index is 12.2. The van der Waals surface area contributed by atoms with E-state index < -0.39 is 10.9 Å². The molecule has 1 aromatic rings. The summed E-state index contributed by atoms with van der Waals surface area (Å²) in [6.07, 6.45) is 1.34. The van der Waals surface area contributed by atoms with E-state index in [0.717, 1.165) is 17.8 Å². The molecule has 1 unspecified atom stereocenters. The third-order valence-corrected chi connectivity index (χ3v) is 4.06. The molecule has 1 saturated heterocycles. The molecule has 0 aromatic carbocycles. The lowest BCUT2D eigenvalue weighted by molar-refractivity contribution is -0.380. The summed E-state index contributed by atoms with van der Waals surface area (Å²) in [6, 6.07) is 2.40. The zero-order chi connectivity index (χ0) is 14.0. The number of nitrogens with zero attached hydrogens (tertiary/aromatic N) is 2. The van der Waals surface area contributed by atoms with Gasteiger partial charge in [0.05, 0.1) is 16.2 Å². The zero-order valence-corrected chi connectivity index (χ0v) is 10.8. The normalized spacial score (nSPS) is 18.5. The second-order valence-corrected chi connectivity index (χ2v) is 5.35. The summed E-state index contributed by atoms with van der Waals surface area (Å²) in [7, 11) is 0. The van der Waals surface area contributed by atoms with Gasteiger partial charge in [-0.2, -0.15) is 0 Å². The van der Waals surface area contributed by atoms with E-state index >= 15 is 0 Å². The monoisotopic (exact) mass is 284 g/mol. The minimum atomic E-state index is -0.943. The topological polar surface area (TPSA) is 101 Å². The first-order chi connectivity index (χ1) is 8.99. The van der Waals surface area contributed by atoms with Crippen LogP contribution in [0.1, 0.15) is 28.9 Å². The maximum Gasteiger partial charge on any atom is 0.324 e. The van der Waals surface area contributed by atoms with Crippen molar-refractivity contribution >= 4 is 28.2 Å². The summed E-state index contributed by atoms with van der Waals surface area (Å²) >= 11 is 0.819. The lowest BCUT2D eigenvalue weighted by Crippen LogP contribution is -2.36. The Morgan fingerprint density at radius 2 is 2.26 bits per heavy atom. The number of likely N-dealkylation sites (tertiary alicyclic amines) is 1. The standard InChI is InChI=1S/C11H12N2O5S/c14-10(15)6-7-2-1-5-12(7)11(16)8-3-4-9(19-8)13(17)18/h3-4,7H,1-2,5-6H2,(H,14,15). The van der Waals surface area contributed by atoms with Gasteiger partial charge in [-0.25, -0.2) is 0 Å². The molecule has 1 atom stereocenters. The van der Waals surface area contributed by atoms with Crippen LogP contribution in [0.2, 0.25) is 0 Å². The molecule has 1 amide bonds. The number of thiophene rings is 1. The second-order valence-electron chi connectivity index (χ2n) is 4.29. The van der Waals surface area contributed by atoms with E-state index in [9.17, 15) is 19.7 Å². The third-order valence-electron chi connectivity index (χ3n) is 3.03. The molecule has 1 aliphatic rings. The molecule has 7 nitrogen and oxygen atoms in total. The largest absolute Gasteiger partial charge is 0.481 e. The Balaban J connectivity index is 2.13. The Hall–Kier alpha value is -1.96. The fourth-order valence-corrected chi connectivity index (χ4v) is 2.98. The molecule has 1 N–H and O–H groups in total. The first-order valence-electron chi connectivity index (χ1n) is 5.76. The van der Waals surface area contributed by atoms with Crippen LogP contribution in [-0.4, -0.2) is 39.4 Å². The van der Waals surface area contributed by atoms with E-state index in [0.29, 0.717) is 13.0 Å². The molecular weight excluding hydrogens is 272 g/mol. The van der Waals surface area contributed by atoms with Gasteiger partial charge >= 0.3 is 11.0 Å². The minimum absolute atomic E-state index is 0.0841. The van der Waals surface area contributed by atoms with Crippen LogP contribution in [0.5, 0.6) is 0 Å². The van der Waals surface area contributed by atoms with Gasteiger partial charge < -0.3 is 10.0 Å². The van der Waals surface area contributed by atoms with Crippen LogP contribution in [0.15, 0.2) is 12.1 Å². The van der Waals surface area contributed by atoms with Crippen molar-refractivity contribution in [1.82, 2.24) is 4.90 Å². The van der Waals surface area contributed by atoms with E-state index in [2.05, 4.69) is 0 Å². The second kappa shape index (κ2) is 5.35. The Kier molecular flexibility index (Phi) is 3.79. The molecule has 19 heavy (non-hydrogen) atoms. The van der Waals surface area contributed by atoms with Crippen molar-refractivity contribution in [3.05, 3.63) is 27.1 Å². The number of rotatable bonds is 4. The fourth-order valence-electron chi connectivity index (χ4n) is 2.20. The highest BCUT2D eigenvalue weighted by Gasteiger charge is 2.32. The number of nitro groups is 1. The molecule has 0 saturated carbocycles. The van der Waals surface area contributed by atoms with Crippen molar-refractivity contribution in [1.29, 1.82) is 0 Å². The van der Waals surface area contributed by atoms with E-state index in [1.54, 1.807) is 0 Å². The lowest BCUT2D eigenvalue weighted by atomic mass is 10.1. The smallest absolute Gasteiger partial charge is 0.324 e. The van der Waals surface area contributed by atoms with Gasteiger partial charge in [0.15, 0.2) is 0 Å². The van der Waals surface area contributed by atoms with Crippen molar-refractivity contribution in [2.45, 2.75) is 25.3 Å². The molecule has 1 aromatic heterocycles. The fraction of sp³-hybridized carbons (Fsp3) is 0.455. The summed E-state index contributed by atoms with van der Waals surface area (Å²) < 4.78 is 0. The van der Waals surface area contributed by atoms with E-state index in [1.807, 2.05) is 0 Å². The zero-order valence-electron chi connectivity index (χ0n) is 9.94. The van der Waals surface area contributed by atoms with Crippen LogP contribution in [0, 0.1) is 10.1 Å². The van der Waals surface area contributed by atoms with Crippen molar-refractivity contribution in [2.24, 2.45) is 0 Å². The van der Waals surface area contributed by atoms with Crippen molar-refractivity contribution in [3.63, 3.8) is 0 Å². The van der Waals surface area contributed by atoms with Gasteiger partial charge in [-0.05, 0) is 18.9 Å². The number of carboxylic acid groups (broad SMARTS) is 1. The first kappa shape index (κ1) is 13.5. The Bertz CT molecular complexity index is 527. The predicted octanol–water partition coefficient (Wildman–Crippen LogP) is 1.74. The number of carboxylic acids is 1. The highest BCUT2D eigenvalue weighted by molar-refractivity contribution is 7.17. The summed E-state index contributed by atoms with van der Waals surface area (Å²) in [5.74, 6) is -1.26. The molecule has 0 spiro atoms. The minimum Gasteiger partial charge on any atom is -0.481 e. The summed E-state index contributed by atoms with van der Waals surface area (Å²) in [6.45, 7) is 0.502. The average Bonchev–Trinajstić information content (AvgIpc) is 2.95. The summed E-state index contributed by atoms with van der Waals surface area (Å²) in [5.41, 5.74) is 0. The van der Waals surface area contributed by atoms with Gasteiger partial charge in [-0.3, -0.25) is 19.7 Å². The van der Waals surface area contributed by atoms with Crippen molar-refractivity contribution in [3.8, 4) is 0 Å². The van der Waals surface area contributed by atoms with Crippen LogP contribution in [0.4, 0.5) is 5.00 Å². The number of carbonyl (C=O) groups is 2. The van der Waals surface area contributed by atoms with Crippen molar-refractivity contribution < 1.29 is 19.6 Å². The number of aliphatic carboxylic acids is 1. The molecule has 0 radical (unpaired) electrons. The maximum atomic E-state index is 12.2.